The molecule has 15 heavy (non-hydrogen) atoms. The Labute approximate surface area is 103 Å². The van der Waals surface area contributed by atoms with Crippen molar-refractivity contribution in [2.45, 2.75) is 12.5 Å². The van der Waals surface area contributed by atoms with Crippen LogP contribution in [-0.4, -0.2) is 25.0 Å². The van der Waals surface area contributed by atoms with E-state index in [1.807, 2.05) is 24.3 Å². The van der Waals surface area contributed by atoms with Gasteiger partial charge in [0.2, 0.25) is 0 Å². The quantitative estimate of drug-likeness (QED) is 0.810. The van der Waals surface area contributed by atoms with E-state index in [0.29, 0.717) is 0 Å². The van der Waals surface area contributed by atoms with E-state index in [0.717, 1.165) is 28.6 Å². The molecule has 1 unspecified atom stereocenters. The zero-order valence-electron chi connectivity index (χ0n) is 8.29. The van der Waals surface area contributed by atoms with Crippen LogP contribution in [0.4, 0.5) is 0 Å². The van der Waals surface area contributed by atoms with E-state index in [1.54, 1.807) is 0 Å². The van der Waals surface area contributed by atoms with E-state index < -0.39 is 0 Å². The molecular weight excluding hydrogens is 303 g/mol. The number of halogens is 1. The lowest BCUT2D eigenvalue weighted by Crippen LogP contribution is -2.36. The second kappa shape index (κ2) is 4.94. The highest BCUT2D eigenvalue weighted by Crippen LogP contribution is 2.11. The highest BCUT2D eigenvalue weighted by atomic mass is 127. The number of nitrogens with one attached hydrogen (secondary N) is 2. The molecule has 2 N–H and O–H groups in total. The Kier molecular flexibility index (Phi) is 3.58. The van der Waals surface area contributed by atoms with Gasteiger partial charge in [-0.1, -0.05) is 12.1 Å². The van der Waals surface area contributed by atoms with Crippen molar-refractivity contribution in [3.63, 3.8) is 0 Å². The van der Waals surface area contributed by atoms with Crippen molar-refractivity contribution in [2.24, 2.45) is 0 Å². The molecule has 3 nitrogen and oxygen atoms in total. The summed E-state index contributed by atoms with van der Waals surface area (Å²) in [6.45, 7) is 1.88. The molecule has 0 bridgehead atoms. The van der Waals surface area contributed by atoms with Gasteiger partial charge >= 0.3 is 0 Å². The van der Waals surface area contributed by atoms with Gasteiger partial charge in [-0.2, -0.15) is 0 Å². The molecule has 1 heterocycles. The number of hydrogen-bond acceptors (Lipinski definition) is 2. The van der Waals surface area contributed by atoms with Crippen molar-refractivity contribution in [2.75, 3.05) is 13.1 Å². The van der Waals surface area contributed by atoms with Crippen molar-refractivity contribution < 1.29 is 4.79 Å². The van der Waals surface area contributed by atoms with Crippen LogP contribution < -0.4 is 10.6 Å². The maximum atomic E-state index is 11.9. The van der Waals surface area contributed by atoms with Gasteiger partial charge in [-0.25, -0.2) is 0 Å². The fourth-order valence-corrected chi connectivity index (χ4v) is 2.32. The van der Waals surface area contributed by atoms with E-state index >= 15 is 0 Å². The average Bonchev–Trinajstić information content (AvgIpc) is 2.71. The first-order chi connectivity index (χ1) is 7.27. The highest BCUT2D eigenvalue weighted by Gasteiger charge is 2.18. The zero-order valence-corrected chi connectivity index (χ0v) is 10.5. The summed E-state index contributed by atoms with van der Waals surface area (Å²) >= 11 is 2.19. The topological polar surface area (TPSA) is 41.1 Å². The van der Waals surface area contributed by atoms with Crippen molar-refractivity contribution in [1.82, 2.24) is 10.6 Å². The van der Waals surface area contributed by atoms with E-state index in [2.05, 4.69) is 33.2 Å². The van der Waals surface area contributed by atoms with Crippen molar-refractivity contribution in [1.29, 1.82) is 0 Å². The minimum absolute atomic E-state index is 0.0358. The third kappa shape index (κ3) is 2.69. The van der Waals surface area contributed by atoms with Crippen LogP contribution in [0.15, 0.2) is 24.3 Å². The molecule has 1 aromatic carbocycles. The summed E-state index contributed by atoms with van der Waals surface area (Å²) in [4.78, 5) is 11.9. The molecule has 4 heteroatoms. The van der Waals surface area contributed by atoms with Crippen molar-refractivity contribution in [3.8, 4) is 0 Å². The average molecular weight is 316 g/mol. The van der Waals surface area contributed by atoms with Crippen molar-refractivity contribution in [3.05, 3.63) is 33.4 Å². The summed E-state index contributed by atoms with van der Waals surface area (Å²) in [6, 6.07) is 7.93. The molecule has 1 aliphatic rings. The van der Waals surface area contributed by atoms with Gasteiger partial charge in [-0.05, 0) is 47.7 Å². The third-order valence-electron chi connectivity index (χ3n) is 2.51. The lowest BCUT2D eigenvalue weighted by molar-refractivity contribution is 0.0939. The second-order valence-electron chi connectivity index (χ2n) is 3.64. The Morgan fingerprint density at radius 1 is 1.47 bits per heavy atom. The summed E-state index contributed by atoms with van der Waals surface area (Å²) in [7, 11) is 0. The minimum atomic E-state index is 0.0358. The Morgan fingerprint density at radius 2 is 2.27 bits per heavy atom. The normalized spacial score (nSPS) is 20.2. The fraction of sp³-hybridized carbons (Fsp3) is 0.364. The summed E-state index contributed by atoms with van der Waals surface area (Å²) in [5.74, 6) is 0.0358. The summed E-state index contributed by atoms with van der Waals surface area (Å²) in [5, 5.41) is 6.26. The number of carbonyl (C=O) groups is 1. The lowest BCUT2D eigenvalue weighted by Gasteiger charge is -2.11. The van der Waals surface area contributed by atoms with Gasteiger partial charge in [-0.3, -0.25) is 4.79 Å². The van der Waals surface area contributed by atoms with E-state index in [4.69, 9.17) is 0 Å². The molecule has 1 aromatic rings. The number of carbonyl (C=O) groups excluding carboxylic acids is 1. The molecule has 0 aliphatic carbocycles. The molecule has 1 fully saturated rings. The van der Waals surface area contributed by atoms with Gasteiger partial charge in [0.25, 0.3) is 5.91 Å². The smallest absolute Gasteiger partial charge is 0.252 e. The highest BCUT2D eigenvalue weighted by molar-refractivity contribution is 14.1. The molecule has 2 rings (SSSR count). The van der Waals surface area contributed by atoms with Crippen molar-refractivity contribution >= 4 is 28.5 Å². The van der Waals surface area contributed by atoms with Crippen LogP contribution >= 0.6 is 22.6 Å². The van der Waals surface area contributed by atoms with E-state index in [-0.39, 0.29) is 11.9 Å². The van der Waals surface area contributed by atoms with Gasteiger partial charge < -0.3 is 10.6 Å². The van der Waals surface area contributed by atoms with Gasteiger partial charge in [0, 0.05) is 16.2 Å². The zero-order chi connectivity index (χ0) is 10.7. The van der Waals surface area contributed by atoms with Crippen LogP contribution in [0.3, 0.4) is 0 Å². The Bertz CT molecular complexity index is 361. The first-order valence-corrected chi connectivity index (χ1v) is 6.11. The molecule has 1 aliphatic heterocycles. The molecule has 0 saturated carbocycles. The molecule has 0 spiro atoms. The fourth-order valence-electron chi connectivity index (χ4n) is 1.69. The largest absolute Gasteiger partial charge is 0.348 e. The number of amides is 1. The summed E-state index contributed by atoms with van der Waals surface area (Å²) in [5.41, 5.74) is 0.769. The van der Waals surface area contributed by atoms with E-state index in [1.165, 1.54) is 0 Å². The molecular formula is C11H13IN2O. The predicted octanol–water partition coefficient (Wildman–Crippen LogP) is 1.38. The lowest BCUT2D eigenvalue weighted by atomic mass is 10.2. The van der Waals surface area contributed by atoms with Crippen LogP contribution in [0, 0.1) is 3.57 Å². The molecule has 1 atom stereocenters. The van der Waals surface area contributed by atoms with Crippen LogP contribution in [0.25, 0.3) is 0 Å². The monoisotopic (exact) mass is 316 g/mol. The standard InChI is InChI=1S/C11H13IN2O/c12-10-4-2-1-3-9(10)11(15)14-8-5-6-13-7-8/h1-4,8,13H,5-7H2,(H,14,15). The molecule has 1 saturated heterocycles. The van der Waals surface area contributed by atoms with Crippen LogP contribution in [0.1, 0.15) is 16.8 Å². The maximum absolute atomic E-state index is 11.9. The van der Waals surface area contributed by atoms with Crippen LogP contribution in [0.2, 0.25) is 0 Å². The van der Waals surface area contributed by atoms with Gasteiger partial charge in [-0.15, -0.1) is 0 Å². The van der Waals surface area contributed by atoms with Crippen LogP contribution in [0.5, 0.6) is 0 Å². The number of hydrogen-bond donors (Lipinski definition) is 2. The molecule has 0 radical (unpaired) electrons. The van der Waals surface area contributed by atoms with Gasteiger partial charge in [0.15, 0.2) is 0 Å². The van der Waals surface area contributed by atoms with Gasteiger partial charge in [0.05, 0.1) is 5.56 Å². The maximum Gasteiger partial charge on any atom is 0.252 e. The minimum Gasteiger partial charge on any atom is -0.348 e. The Hall–Kier alpha value is -0.620. The number of benzene rings is 1. The molecule has 1 amide bonds. The summed E-state index contributed by atoms with van der Waals surface area (Å²) < 4.78 is 0.999. The third-order valence-corrected chi connectivity index (χ3v) is 3.45. The van der Waals surface area contributed by atoms with E-state index in [9.17, 15) is 4.79 Å². The molecule has 80 valence electrons. The Balaban J connectivity index is 2.04. The number of rotatable bonds is 2. The SMILES string of the molecule is O=C(NC1CCNC1)c1ccccc1I. The first-order valence-electron chi connectivity index (χ1n) is 5.03. The summed E-state index contributed by atoms with van der Waals surface area (Å²) in [6.07, 6.45) is 1.02. The Morgan fingerprint density at radius 3 is 2.93 bits per heavy atom. The molecule has 0 aromatic heterocycles. The second-order valence-corrected chi connectivity index (χ2v) is 4.81. The van der Waals surface area contributed by atoms with Gasteiger partial charge in [0.1, 0.15) is 0 Å². The predicted molar refractivity (Wildman–Crippen MR) is 67.9 cm³/mol. The first kappa shape index (κ1) is 10.9. The van der Waals surface area contributed by atoms with Crippen LogP contribution in [-0.2, 0) is 0 Å².